The van der Waals surface area contributed by atoms with Crippen molar-refractivity contribution in [1.82, 2.24) is 0 Å². The van der Waals surface area contributed by atoms with Gasteiger partial charge in [0, 0.05) is 6.42 Å². The summed E-state index contributed by atoms with van der Waals surface area (Å²) in [5.41, 5.74) is 1.10. The summed E-state index contributed by atoms with van der Waals surface area (Å²) in [5.74, 6) is 0. The van der Waals surface area contributed by atoms with Crippen LogP contribution >= 0.6 is 0 Å². The van der Waals surface area contributed by atoms with E-state index < -0.39 is 6.67 Å². The van der Waals surface area contributed by atoms with Crippen LogP contribution in [0.1, 0.15) is 5.56 Å². The van der Waals surface area contributed by atoms with Crippen molar-refractivity contribution < 1.29 is 9.60 Å². The molecule has 1 aromatic rings. The Hall–Kier alpha value is -1.38. The van der Waals surface area contributed by atoms with Gasteiger partial charge in [-0.05, 0) is 5.56 Å². The van der Waals surface area contributed by atoms with Gasteiger partial charge in [-0.1, -0.05) is 35.5 Å². The van der Waals surface area contributed by atoms with Gasteiger partial charge in [-0.15, -0.1) is 0 Å². The van der Waals surface area contributed by atoms with Crippen LogP contribution in [0.3, 0.4) is 0 Å². The highest BCUT2D eigenvalue weighted by molar-refractivity contribution is 5.87. The molecule has 0 aliphatic rings. The zero-order valence-corrected chi connectivity index (χ0v) is 6.57. The van der Waals surface area contributed by atoms with E-state index in [4.69, 9.17) is 5.21 Å². The van der Waals surface area contributed by atoms with Gasteiger partial charge in [0.15, 0.2) is 0 Å². The summed E-state index contributed by atoms with van der Waals surface area (Å²) in [7, 11) is 0. The average molecular weight is 167 g/mol. The van der Waals surface area contributed by atoms with Crippen molar-refractivity contribution in [3.63, 3.8) is 0 Å². The number of benzene rings is 1. The van der Waals surface area contributed by atoms with Crippen LogP contribution < -0.4 is 0 Å². The Bertz CT molecular complexity index is 258. The lowest BCUT2D eigenvalue weighted by atomic mass is 10.1. The van der Waals surface area contributed by atoms with Crippen LogP contribution in [0.25, 0.3) is 0 Å². The van der Waals surface area contributed by atoms with E-state index in [2.05, 4.69) is 5.16 Å². The summed E-state index contributed by atoms with van der Waals surface area (Å²) in [6.07, 6.45) is 0.369. The molecule has 0 spiro atoms. The SMILES string of the molecule is O/N=C(/CF)Cc1ccccc1. The Labute approximate surface area is 70.3 Å². The van der Waals surface area contributed by atoms with E-state index in [1.54, 1.807) is 0 Å². The fourth-order valence-electron chi connectivity index (χ4n) is 0.941. The van der Waals surface area contributed by atoms with Gasteiger partial charge in [-0.25, -0.2) is 4.39 Å². The van der Waals surface area contributed by atoms with E-state index in [1.165, 1.54) is 0 Å². The first-order chi connectivity index (χ1) is 5.86. The van der Waals surface area contributed by atoms with Crippen molar-refractivity contribution in [2.75, 3.05) is 6.67 Å². The molecule has 0 bridgehead atoms. The normalized spacial score (nSPS) is 11.6. The van der Waals surface area contributed by atoms with Crippen LogP contribution in [-0.4, -0.2) is 17.6 Å². The van der Waals surface area contributed by atoms with Crippen molar-refractivity contribution in [1.29, 1.82) is 0 Å². The summed E-state index contributed by atoms with van der Waals surface area (Å²) in [6.45, 7) is -0.703. The Kier molecular flexibility index (Phi) is 3.26. The van der Waals surface area contributed by atoms with Crippen LogP contribution in [0.15, 0.2) is 35.5 Å². The number of rotatable bonds is 3. The summed E-state index contributed by atoms with van der Waals surface area (Å²) >= 11 is 0. The van der Waals surface area contributed by atoms with Crippen molar-refractivity contribution in [3.05, 3.63) is 35.9 Å². The molecule has 0 fully saturated rings. The second kappa shape index (κ2) is 4.49. The van der Waals surface area contributed by atoms with E-state index in [0.717, 1.165) is 5.56 Å². The Balaban J connectivity index is 2.64. The van der Waals surface area contributed by atoms with E-state index in [1.807, 2.05) is 30.3 Å². The molecule has 0 unspecified atom stereocenters. The van der Waals surface area contributed by atoms with E-state index in [9.17, 15) is 4.39 Å². The van der Waals surface area contributed by atoms with Gasteiger partial charge >= 0.3 is 0 Å². The van der Waals surface area contributed by atoms with Gasteiger partial charge in [0.25, 0.3) is 0 Å². The van der Waals surface area contributed by atoms with Gasteiger partial charge in [0.05, 0.1) is 5.71 Å². The molecule has 64 valence electrons. The first-order valence-electron chi connectivity index (χ1n) is 3.66. The molecule has 0 amide bonds. The molecule has 0 atom stereocenters. The molecule has 12 heavy (non-hydrogen) atoms. The lowest BCUT2D eigenvalue weighted by Crippen LogP contribution is -2.04. The number of halogens is 1. The van der Waals surface area contributed by atoms with E-state index >= 15 is 0 Å². The number of oxime groups is 1. The lowest BCUT2D eigenvalue weighted by Gasteiger charge is -1.98. The fraction of sp³-hybridized carbons (Fsp3) is 0.222. The minimum atomic E-state index is -0.703. The maximum absolute atomic E-state index is 12.1. The summed E-state index contributed by atoms with van der Waals surface area (Å²) in [5, 5.41) is 11.2. The molecule has 1 N–H and O–H groups in total. The minimum absolute atomic E-state index is 0.154. The fourth-order valence-corrected chi connectivity index (χ4v) is 0.941. The Morgan fingerprint density at radius 2 is 2.00 bits per heavy atom. The van der Waals surface area contributed by atoms with Gasteiger partial charge in [-0.2, -0.15) is 0 Å². The lowest BCUT2D eigenvalue weighted by molar-refractivity contribution is 0.314. The molecule has 0 aromatic heterocycles. The van der Waals surface area contributed by atoms with Crippen LogP contribution in [0, 0.1) is 0 Å². The van der Waals surface area contributed by atoms with Crippen molar-refractivity contribution in [2.24, 2.45) is 5.16 Å². The van der Waals surface area contributed by atoms with Crippen molar-refractivity contribution >= 4 is 5.71 Å². The minimum Gasteiger partial charge on any atom is -0.411 e. The summed E-state index contributed by atoms with van der Waals surface area (Å²) < 4.78 is 12.1. The number of hydrogen-bond donors (Lipinski definition) is 1. The molecule has 1 aromatic carbocycles. The van der Waals surface area contributed by atoms with Gasteiger partial charge < -0.3 is 5.21 Å². The molecular weight excluding hydrogens is 157 g/mol. The predicted molar refractivity (Wildman–Crippen MR) is 45.3 cm³/mol. The standard InChI is InChI=1S/C9H10FNO/c10-7-9(11-12)6-8-4-2-1-3-5-8/h1-5,12H,6-7H2/b11-9+. The molecule has 3 heteroatoms. The molecule has 0 aliphatic carbocycles. The monoisotopic (exact) mass is 167 g/mol. The third-order valence-corrected chi connectivity index (χ3v) is 1.55. The average Bonchev–Trinajstić information content (AvgIpc) is 2.16. The third-order valence-electron chi connectivity index (χ3n) is 1.55. The number of alkyl halides is 1. The van der Waals surface area contributed by atoms with Gasteiger partial charge in [0.2, 0.25) is 0 Å². The first kappa shape index (κ1) is 8.71. The van der Waals surface area contributed by atoms with Crippen LogP contribution in [0.2, 0.25) is 0 Å². The van der Waals surface area contributed by atoms with E-state index in [0.29, 0.717) is 6.42 Å². The van der Waals surface area contributed by atoms with Crippen molar-refractivity contribution in [2.45, 2.75) is 6.42 Å². The highest BCUT2D eigenvalue weighted by Crippen LogP contribution is 2.01. The molecule has 0 aliphatic heterocycles. The zero-order chi connectivity index (χ0) is 8.81. The maximum Gasteiger partial charge on any atom is 0.131 e. The summed E-state index contributed by atoms with van der Waals surface area (Å²) in [4.78, 5) is 0. The van der Waals surface area contributed by atoms with Crippen LogP contribution in [0.5, 0.6) is 0 Å². The molecular formula is C9H10FNO. The molecule has 0 heterocycles. The summed E-state index contributed by atoms with van der Waals surface area (Å²) in [6, 6.07) is 9.33. The Morgan fingerprint density at radius 1 is 1.33 bits per heavy atom. The van der Waals surface area contributed by atoms with Crippen LogP contribution in [-0.2, 0) is 6.42 Å². The molecule has 0 saturated carbocycles. The van der Waals surface area contributed by atoms with Gasteiger partial charge in [-0.3, -0.25) is 0 Å². The Morgan fingerprint density at radius 3 is 2.50 bits per heavy atom. The smallest absolute Gasteiger partial charge is 0.131 e. The van der Waals surface area contributed by atoms with Crippen molar-refractivity contribution in [3.8, 4) is 0 Å². The highest BCUT2D eigenvalue weighted by atomic mass is 19.1. The quantitative estimate of drug-likeness (QED) is 0.417. The third kappa shape index (κ3) is 2.34. The predicted octanol–water partition coefficient (Wildman–Crippen LogP) is 2.03. The van der Waals surface area contributed by atoms with E-state index in [-0.39, 0.29) is 5.71 Å². The molecule has 0 saturated heterocycles. The van der Waals surface area contributed by atoms with Gasteiger partial charge in [0.1, 0.15) is 6.67 Å². The second-order valence-corrected chi connectivity index (χ2v) is 2.46. The zero-order valence-electron chi connectivity index (χ0n) is 6.57. The molecule has 1 rings (SSSR count). The number of hydrogen-bond acceptors (Lipinski definition) is 2. The maximum atomic E-state index is 12.1. The molecule has 0 radical (unpaired) electrons. The topological polar surface area (TPSA) is 32.6 Å². The number of nitrogens with zero attached hydrogens (tertiary/aromatic N) is 1. The highest BCUT2D eigenvalue weighted by Gasteiger charge is 1.99. The first-order valence-corrected chi connectivity index (χ1v) is 3.66. The second-order valence-electron chi connectivity index (χ2n) is 2.46. The largest absolute Gasteiger partial charge is 0.411 e. The molecule has 2 nitrogen and oxygen atoms in total. The van der Waals surface area contributed by atoms with Crippen LogP contribution in [0.4, 0.5) is 4.39 Å².